The zero-order valence-electron chi connectivity index (χ0n) is 23.4. The van der Waals surface area contributed by atoms with E-state index in [9.17, 15) is 31.2 Å². The molecule has 13 heteroatoms. The van der Waals surface area contributed by atoms with E-state index in [0.717, 1.165) is 12.5 Å². The van der Waals surface area contributed by atoms with Crippen LogP contribution in [0.2, 0.25) is 0 Å². The Labute approximate surface area is 240 Å². The molecule has 4 rings (SSSR count). The van der Waals surface area contributed by atoms with Gasteiger partial charge in [0.25, 0.3) is 10.0 Å². The van der Waals surface area contributed by atoms with Crippen LogP contribution in [0.15, 0.2) is 51.8 Å². The van der Waals surface area contributed by atoms with Crippen LogP contribution < -0.4 is 14.8 Å². The lowest BCUT2D eigenvalue weighted by molar-refractivity contribution is -0.125. The number of unbranched alkanes of at least 4 members (excludes halogenated alkanes) is 1. The predicted octanol–water partition coefficient (Wildman–Crippen LogP) is 3.94. The summed E-state index contributed by atoms with van der Waals surface area (Å²) < 4.78 is 59.2. The summed E-state index contributed by atoms with van der Waals surface area (Å²) in [5.41, 5.74) is -0.152. The SMILES string of the molecule is CCCCC(=O)NS(=O)(=O)Nc1ccc2c(c1)S(=O)(=O)N=C(C1C(=O)c3ccccc3C(C)(CCC(C)C)C1=O)N2. The van der Waals surface area contributed by atoms with Crippen LogP contribution in [0.5, 0.6) is 0 Å². The lowest BCUT2D eigenvalue weighted by Crippen LogP contribution is -2.51. The van der Waals surface area contributed by atoms with Gasteiger partial charge in [-0.15, -0.1) is 4.40 Å². The van der Waals surface area contributed by atoms with E-state index in [-0.39, 0.29) is 28.5 Å². The number of hydrogen-bond donors (Lipinski definition) is 3. The Hall–Kier alpha value is -3.58. The average Bonchev–Trinajstić information content (AvgIpc) is 2.89. The first-order valence-electron chi connectivity index (χ1n) is 13.5. The lowest BCUT2D eigenvalue weighted by Gasteiger charge is -2.39. The van der Waals surface area contributed by atoms with Crippen LogP contribution in [-0.2, 0) is 35.2 Å². The zero-order valence-corrected chi connectivity index (χ0v) is 25.0. The van der Waals surface area contributed by atoms with Crippen LogP contribution in [-0.4, -0.2) is 40.1 Å². The Kier molecular flexibility index (Phi) is 8.42. The number of Topliss-reactive ketones (excluding diaryl/α,β-unsaturated/α-hetero) is 2. The van der Waals surface area contributed by atoms with Crippen LogP contribution in [0.3, 0.4) is 0 Å². The van der Waals surface area contributed by atoms with Crippen molar-refractivity contribution in [2.75, 3.05) is 10.0 Å². The molecule has 2 aliphatic rings. The number of anilines is 2. The monoisotopic (exact) mass is 602 g/mol. The molecular formula is C28H34N4O7S2. The Morgan fingerprint density at radius 1 is 1.15 bits per heavy atom. The molecule has 41 heavy (non-hydrogen) atoms. The number of amides is 1. The molecule has 1 aliphatic heterocycles. The van der Waals surface area contributed by atoms with Gasteiger partial charge in [-0.25, -0.2) is 4.72 Å². The standard InChI is InChI=1S/C28H34N4O7S2/c1-5-6-11-23(33)31-41(38,39)30-18-12-13-21-22(16-18)40(36,37)32-27(29-21)24-25(34)19-9-7-8-10-20(19)28(4,26(24)35)15-14-17(2)3/h7-10,12-13,16-17,24,30H,5-6,11,14-15H2,1-4H3,(H,29,32)(H,31,33). The fourth-order valence-corrected chi connectivity index (χ4v) is 7.15. The van der Waals surface area contributed by atoms with Crippen molar-refractivity contribution in [1.82, 2.24) is 4.72 Å². The molecule has 1 aliphatic carbocycles. The van der Waals surface area contributed by atoms with E-state index in [4.69, 9.17) is 0 Å². The van der Waals surface area contributed by atoms with Gasteiger partial charge in [0.1, 0.15) is 16.6 Å². The fourth-order valence-electron chi connectivity index (χ4n) is 5.07. The molecule has 0 saturated carbocycles. The fraction of sp³-hybridized carbons (Fsp3) is 0.429. The van der Waals surface area contributed by atoms with Crippen molar-refractivity contribution in [2.24, 2.45) is 16.2 Å². The molecule has 0 fully saturated rings. The molecule has 220 valence electrons. The minimum Gasteiger partial charge on any atom is -0.341 e. The van der Waals surface area contributed by atoms with Gasteiger partial charge in [-0.2, -0.15) is 16.8 Å². The maximum absolute atomic E-state index is 14.0. The first-order valence-corrected chi connectivity index (χ1v) is 16.4. The van der Waals surface area contributed by atoms with E-state index in [1.54, 1.807) is 31.2 Å². The number of fused-ring (bicyclic) bond motifs is 2. The van der Waals surface area contributed by atoms with Gasteiger partial charge in [0.05, 0.1) is 16.8 Å². The number of carbonyl (C=O) groups excluding carboxylic acids is 3. The Morgan fingerprint density at radius 2 is 1.85 bits per heavy atom. The molecule has 0 aromatic heterocycles. The third-order valence-electron chi connectivity index (χ3n) is 7.35. The number of ketones is 2. The maximum atomic E-state index is 14.0. The topological polar surface area (TPSA) is 168 Å². The minimum absolute atomic E-state index is 0.0248. The summed E-state index contributed by atoms with van der Waals surface area (Å²) in [5.74, 6) is -3.12. The van der Waals surface area contributed by atoms with E-state index in [0.29, 0.717) is 36.3 Å². The molecule has 2 unspecified atom stereocenters. The van der Waals surface area contributed by atoms with Gasteiger partial charge < -0.3 is 5.32 Å². The number of carbonyl (C=O) groups is 3. The second kappa shape index (κ2) is 11.4. The van der Waals surface area contributed by atoms with Crippen molar-refractivity contribution in [3.05, 3.63) is 53.6 Å². The van der Waals surface area contributed by atoms with Crippen LogP contribution in [0.4, 0.5) is 11.4 Å². The summed E-state index contributed by atoms with van der Waals surface area (Å²) in [6, 6.07) is 10.5. The van der Waals surface area contributed by atoms with Gasteiger partial charge in [0.2, 0.25) is 5.91 Å². The quantitative estimate of drug-likeness (QED) is 0.344. The Bertz CT molecular complexity index is 1650. The van der Waals surface area contributed by atoms with Crippen molar-refractivity contribution in [3.8, 4) is 0 Å². The van der Waals surface area contributed by atoms with Gasteiger partial charge in [-0.3, -0.25) is 19.1 Å². The number of amidine groups is 1. The highest BCUT2D eigenvalue weighted by Crippen LogP contribution is 2.43. The lowest BCUT2D eigenvalue weighted by atomic mass is 9.63. The highest BCUT2D eigenvalue weighted by molar-refractivity contribution is 7.91. The smallest absolute Gasteiger partial charge is 0.323 e. The number of sulfonamides is 1. The maximum Gasteiger partial charge on any atom is 0.323 e. The molecule has 0 spiro atoms. The van der Waals surface area contributed by atoms with Gasteiger partial charge in [-0.05, 0) is 55.9 Å². The van der Waals surface area contributed by atoms with Gasteiger partial charge >= 0.3 is 10.2 Å². The molecule has 11 nitrogen and oxygen atoms in total. The van der Waals surface area contributed by atoms with Crippen molar-refractivity contribution >= 4 is 54.9 Å². The van der Waals surface area contributed by atoms with Gasteiger partial charge in [0, 0.05) is 12.0 Å². The highest BCUT2D eigenvalue weighted by atomic mass is 32.2. The summed E-state index contributed by atoms with van der Waals surface area (Å²) in [6.07, 6.45) is 2.44. The summed E-state index contributed by atoms with van der Waals surface area (Å²) in [4.78, 5) is 39.1. The number of nitrogens with one attached hydrogen (secondary N) is 3. The molecule has 1 heterocycles. The molecule has 0 saturated heterocycles. The summed E-state index contributed by atoms with van der Waals surface area (Å²) in [6.45, 7) is 7.72. The highest BCUT2D eigenvalue weighted by Gasteiger charge is 2.51. The molecule has 1 amide bonds. The van der Waals surface area contributed by atoms with E-state index in [1.165, 1.54) is 12.1 Å². The second-order valence-electron chi connectivity index (χ2n) is 11.0. The molecular weight excluding hydrogens is 568 g/mol. The minimum atomic E-state index is -4.44. The van der Waals surface area contributed by atoms with Crippen LogP contribution in [0, 0.1) is 11.8 Å². The molecule has 2 aromatic carbocycles. The number of nitrogens with zero attached hydrogens (tertiary/aromatic N) is 1. The van der Waals surface area contributed by atoms with Crippen LogP contribution in [0.25, 0.3) is 0 Å². The molecule has 2 atom stereocenters. The first kappa shape index (κ1) is 30.4. The number of hydrogen-bond acceptors (Lipinski definition) is 8. The number of benzene rings is 2. The summed E-state index contributed by atoms with van der Waals surface area (Å²) in [5, 5.41) is 2.84. The van der Waals surface area contributed by atoms with Crippen molar-refractivity contribution in [1.29, 1.82) is 0 Å². The van der Waals surface area contributed by atoms with Gasteiger partial charge in [0.15, 0.2) is 11.6 Å². The summed E-state index contributed by atoms with van der Waals surface area (Å²) in [7, 11) is -8.76. The van der Waals surface area contributed by atoms with E-state index in [1.807, 2.05) is 25.5 Å². The van der Waals surface area contributed by atoms with Gasteiger partial charge in [-0.1, -0.05) is 51.5 Å². The van der Waals surface area contributed by atoms with Crippen molar-refractivity contribution in [3.63, 3.8) is 0 Å². The average molecular weight is 603 g/mol. The molecule has 0 bridgehead atoms. The molecule has 2 aromatic rings. The normalized spacial score (nSPS) is 21.4. The van der Waals surface area contributed by atoms with Crippen molar-refractivity contribution in [2.45, 2.75) is 70.1 Å². The van der Waals surface area contributed by atoms with E-state index < -0.39 is 49.0 Å². The zero-order chi connectivity index (χ0) is 30.2. The molecule has 0 radical (unpaired) electrons. The van der Waals surface area contributed by atoms with E-state index >= 15 is 0 Å². The molecule has 3 N–H and O–H groups in total. The van der Waals surface area contributed by atoms with E-state index in [2.05, 4.69) is 14.4 Å². The van der Waals surface area contributed by atoms with Crippen LogP contribution >= 0.6 is 0 Å². The van der Waals surface area contributed by atoms with Crippen LogP contribution in [0.1, 0.15) is 75.7 Å². The largest absolute Gasteiger partial charge is 0.341 e. The number of rotatable bonds is 10. The first-order chi connectivity index (χ1) is 19.2. The Morgan fingerprint density at radius 3 is 2.54 bits per heavy atom. The predicted molar refractivity (Wildman–Crippen MR) is 156 cm³/mol. The van der Waals surface area contributed by atoms with Crippen molar-refractivity contribution < 1.29 is 31.2 Å². The summed E-state index contributed by atoms with van der Waals surface area (Å²) >= 11 is 0. The second-order valence-corrected chi connectivity index (χ2v) is 14.0. The Balaban J connectivity index is 1.66. The third kappa shape index (κ3) is 6.20. The third-order valence-corrected chi connectivity index (χ3v) is 9.68.